The van der Waals surface area contributed by atoms with Gasteiger partial charge in [-0.05, 0) is 51.4 Å². The third-order valence-electron chi connectivity index (χ3n) is 10.6. The molecule has 0 heterocycles. The molecule has 0 aromatic heterocycles. The summed E-state index contributed by atoms with van der Waals surface area (Å²) in [6, 6.07) is 0. The second kappa shape index (κ2) is 43.2. The summed E-state index contributed by atoms with van der Waals surface area (Å²) in [6.45, 7) is 4.86. The van der Waals surface area contributed by atoms with Crippen LogP contribution in [0.4, 0.5) is 0 Å². The monoisotopic (exact) mass is 849 g/mol. The number of likely N-dealkylation sites (N-methyl/N-ethyl adjacent to an activating group) is 1. The number of rotatable bonds is 45. The molecule has 0 amide bonds. The normalized spacial score (nSPS) is 13.2. The van der Waals surface area contributed by atoms with Gasteiger partial charge < -0.3 is 28.5 Å². The SMILES string of the molecule is CCCCCCC/C=C\C/C=C\C/C=C\CCCCCCCCC(=O)OC(COC(=O)CCCCCCCCCCCCCCCC)COC(OCC[N+](C)(C)C)C(=O)O. The Balaban J connectivity index is 4.39. The Morgan fingerprint density at radius 3 is 1.33 bits per heavy atom. The van der Waals surface area contributed by atoms with Crippen molar-refractivity contribution >= 4 is 17.9 Å². The van der Waals surface area contributed by atoms with Crippen molar-refractivity contribution in [1.82, 2.24) is 0 Å². The topological polar surface area (TPSA) is 108 Å². The standard InChI is InChI=1S/C51H93NO8/c1-6-8-10-12-14-16-18-20-22-23-24-25-26-27-28-30-32-34-36-38-40-42-49(54)60-47(46-59-51(50(55)56)57-44-43-52(3,4)5)45-58-48(53)41-39-37-35-33-31-29-21-19-17-15-13-11-9-7-2/h18,20,23-24,26-27,47,51H,6-17,19,21-22,25,28-46H2,1-5H3/p+1/b20-18-,24-23-,27-26-. The predicted molar refractivity (Wildman–Crippen MR) is 249 cm³/mol. The van der Waals surface area contributed by atoms with Crippen LogP contribution >= 0.6 is 0 Å². The van der Waals surface area contributed by atoms with Crippen LogP contribution in [0.15, 0.2) is 36.5 Å². The number of aliphatic carboxylic acids is 1. The van der Waals surface area contributed by atoms with Gasteiger partial charge >= 0.3 is 17.9 Å². The number of hydrogen-bond acceptors (Lipinski definition) is 7. The molecule has 1 N–H and O–H groups in total. The van der Waals surface area contributed by atoms with Crippen molar-refractivity contribution in [2.45, 2.75) is 225 Å². The van der Waals surface area contributed by atoms with Gasteiger partial charge in [-0.3, -0.25) is 9.59 Å². The highest BCUT2D eigenvalue weighted by Crippen LogP contribution is 2.15. The Morgan fingerprint density at radius 2 is 0.900 bits per heavy atom. The van der Waals surface area contributed by atoms with Gasteiger partial charge in [0.25, 0.3) is 6.29 Å². The lowest BCUT2D eigenvalue weighted by molar-refractivity contribution is -0.870. The molecule has 0 aromatic rings. The quantitative estimate of drug-likeness (QED) is 0.0212. The largest absolute Gasteiger partial charge is 0.477 e. The Morgan fingerprint density at radius 1 is 0.500 bits per heavy atom. The van der Waals surface area contributed by atoms with E-state index in [1.165, 1.54) is 122 Å². The lowest BCUT2D eigenvalue weighted by Crippen LogP contribution is -2.40. The van der Waals surface area contributed by atoms with Crippen molar-refractivity contribution in [3.63, 3.8) is 0 Å². The van der Waals surface area contributed by atoms with Gasteiger partial charge in [-0.1, -0.05) is 185 Å². The zero-order chi connectivity index (χ0) is 44.2. The summed E-state index contributed by atoms with van der Waals surface area (Å²) < 4.78 is 22.8. The van der Waals surface area contributed by atoms with Gasteiger partial charge in [-0.25, -0.2) is 4.79 Å². The molecular weight excluding hydrogens is 755 g/mol. The number of carbonyl (C=O) groups is 3. The molecule has 0 aromatic carbocycles. The highest BCUT2D eigenvalue weighted by molar-refractivity contribution is 5.71. The maximum atomic E-state index is 12.8. The van der Waals surface area contributed by atoms with E-state index in [4.69, 9.17) is 18.9 Å². The van der Waals surface area contributed by atoms with Gasteiger partial charge in [0.1, 0.15) is 13.2 Å². The molecule has 0 bridgehead atoms. The number of carbonyl (C=O) groups excluding carboxylic acids is 2. The van der Waals surface area contributed by atoms with E-state index in [0.717, 1.165) is 57.8 Å². The van der Waals surface area contributed by atoms with Gasteiger partial charge in [0.15, 0.2) is 6.10 Å². The first-order chi connectivity index (χ1) is 29.1. The van der Waals surface area contributed by atoms with Crippen LogP contribution in [0.25, 0.3) is 0 Å². The summed E-state index contributed by atoms with van der Waals surface area (Å²) in [7, 11) is 5.96. The van der Waals surface area contributed by atoms with E-state index < -0.39 is 24.3 Å². The van der Waals surface area contributed by atoms with Gasteiger partial charge in [-0.15, -0.1) is 0 Å². The molecule has 9 heteroatoms. The first-order valence-corrected chi connectivity index (χ1v) is 24.7. The fraction of sp³-hybridized carbons (Fsp3) is 0.824. The fourth-order valence-electron chi connectivity index (χ4n) is 6.78. The fourth-order valence-corrected chi connectivity index (χ4v) is 6.78. The van der Waals surface area contributed by atoms with Crippen LogP contribution in [0.1, 0.15) is 213 Å². The molecule has 0 fully saturated rings. The third-order valence-corrected chi connectivity index (χ3v) is 10.6. The number of quaternary nitrogens is 1. The molecule has 0 rings (SSSR count). The van der Waals surface area contributed by atoms with Crippen LogP contribution in [0.2, 0.25) is 0 Å². The first kappa shape index (κ1) is 57.5. The van der Waals surface area contributed by atoms with Crippen LogP contribution in [-0.2, 0) is 33.3 Å². The number of allylic oxidation sites excluding steroid dienone is 6. The predicted octanol–water partition coefficient (Wildman–Crippen LogP) is 13.4. The summed E-state index contributed by atoms with van der Waals surface area (Å²) in [4.78, 5) is 37.2. The molecule has 2 unspecified atom stereocenters. The minimum absolute atomic E-state index is 0.185. The molecule has 9 nitrogen and oxygen atoms in total. The van der Waals surface area contributed by atoms with Gasteiger partial charge in [0.2, 0.25) is 0 Å². The lowest BCUT2D eigenvalue weighted by atomic mass is 10.0. The van der Waals surface area contributed by atoms with Crippen LogP contribution in [0, 0.1) is 0 Å². The van der Waals surface area contributed by atoms with E-state index in [2.05, 4.69) is 50.3 Å². The highest BCUT2D eigenvalue weighted by atomic mass is 16.7. The molecule has 0 radical (unpaired) electrons. The van der Waals surface area contributed by atoms with Crippen molar-refractivity contribution in [2.24, 2.45) is 0 Å². The van der Waals surface area contributed by atoms with E-state index in [9.17, 15) is 19.5 Å². The second-order valence-electron chi connectivity index (χ2n) is 17.8. The number of carboxylic acids is 1. The number of unbranched alkanes of at least 4 members (excludes halogenated alkanes) is 24. The molecular formula is C51H94NO8+. The minimum Gasteiger partial charge on any atom is -0.477 e. The van der Waals surface area contributed by atoms with E-state index >= 15 is 0 Å². The van der Waals surface area contributed by atoms with Crippen LogP contribution in [0.3, 0.4) is 0 Å². The zero-order valence-electron chi connectivity index (χ0n) is 39.6. The highest BCUT2D eigenvalue weighted by Gasteiger charge is 2.25. The Bertz CT molecular complexity index is 1080. The zero-order valence-corrected chi connectivity index (χ0v) is 39.6. The average Bonchev–Trinajstić information content (AvgIpc) is 3.21. The van der Waals surface area contributed by atoms with Crippen LogP contribution in [-0.4, -0.2) is 87.4 Å². The summed E-state index contributed by atoms with van der Waals surface area (Å²) in [5, 5.41) is 9.65. The van der Waals surface area contributed by atoms with E-state index in [0.29, 0.717) is 23.9 Å². The second-order valence-corrected chi connectivity index (χ2v) is 17.8. The summed E-state index contributed by atoms with van der Waals surface area (Å²) in [6.07, 6.45) is 46.3. The van der Waals surface area contributed by atoms with Gasteiger partial charge in [0.05, 0.1) is 34.4 Å². The third kappa shape index (κ3) is 43.6. The van der Waals surface area contributed by atoms with Crippen molar-refractivity contribution in [2.75, 3.05) is 47.5 Å². The molecule has 0 aliphatic heterocycles. The number of carboxylic acid groups (broad SMARTS) is 1. The number of esters is 2. The smallest absolute Gasteiger partial charge is 0.361 e. The molecule has 0 aliphatic rings. The maximum absolute atomic E-state index is 12.8. The number of hydrogen-bond donors (Lipinski definition) is 1. The summed E-state index contributed by atoms with van der Waals surface area (Å²) in [5.41, 5.74) is 0. The maximum Gasteiger partial charge on any atom is 0.361 e. The minimum atomic E-state index is -1.51. The lowest BCUT2D eigenvalue weighted by Gasteiger charge is -2.25. The van der Waals surface area contributed by atoms with Gasteiger partial charge in [-0.2, -0.15) is 0 Å². The van der Waals surface area contributed by atoms with Crippen molar-refractivity contribution in [1.29, 1.82) is 0 Å². The molecule has 2 atom stereocenters. The Labute approximate surface area is 369 Å². The van der Waals surface area contributed by atoms with Crippen molar-refractivity contribution < 1.29 is 42.9 Å². The van der Waals surface area contributed by atoms with Crippen molar-refractivity contribution in [3.8, 4) is 0 Å². The number of ether oxygens (including phenoxy) is 4. The van der Waals surface area contributed by atoms with Crippen molar-refractivity contribution in [3.05, 3.63) is 36.5 Å². The van der Waals surface area contributed by atoms with E-state index in [-0.39, 0.29) is 32.2 Å². The van der Waals surface area contributed by atoms with E-state index in [1.807, 2.05) is 21.1 Å². The number of nitrogens with zero attached hydrogens (tertiary/aromatic N) is 1. The first-order valence-electron chi connectivity index (χ1n) is 24.7. The van der Waals surface area contributed by atoms with Crippen LogP contribution < -0.4 is 0 Å². The molecule has 0 saturated heterocycles. The molecule has 350 valence electrons. The molecule has 0 saturated carbocycles. The molecule has 0 aliphatic carbocycles. The van der Waals surface area contributed by atoms with Gasteiger partial charge in [0, 0.05) is 12.8 Å². The summed E-state index contributed by atoms with van der Waals surface area (Å²) >= 11 is 0. The summed E-state index contributed by atoms with van der Waals surface area (Å²) in [5.74, 6) is -2.02. The van der Waals surface area contributed by atoms with E-state index in [1.54, 1.807) is 0 Å². The Kier molecular flexibility index (Phi) is 41.4. The molecule has 60 heavy (non-hydrogen) atoms. The Hall–Kier alpha value is -2.49. The molecule has 0 spiro atoms. The average molecular weight is 849 g/mol. The van der Waals surface area contributed by atoms with Crippen LogP contribution in [0.5, 0.6) is 0 Å².